The van der Waals surface area contributed by atoms with Crippen LogP contribution >= 0.6 is 10.1 Å². The molecule has 1 aliphatic rings. The molecular weight excluding hydrogens is 595 g/mol. The van der Waals surface area contributed by atoms with E-state index in [1.807, 2.05) is 0 Å². The van der Waals surface area contributed by atoms with Gasteiger partial charge >= 0.3 is 25.2 Å². The van der Waals surface area contributed by atoms with E-state index < -0.39 is 0 Å². The first-order chi connectivity index (χ1) is 21.0. The van der Waals surface area contributed by atoms with Gasteiger partial charge in [-0.3, -0.25) is 0 Å². The molecule has 1 fully saturated rings. The van der Waals surface area contributed by atoms with Crippen molar-refractivity contribution >= 4 is 10.1 Å². The average molecular weight is 635 g/mol. The van der Waals surface area contributed by atoms with Crippen LogP contribution in [0.15, 0.2) is 133 Å². The molecule has 0 aliphatic carbocycles. The van der Waals surface area contributed by atoms with Crippen LogP contribution in [0.4, 0.5) is 0 Å². The Kier molecular flexibility index (Phi) is 10.6. The Balaban J connectivity index is 0.00000180. The number of hydrogen-bond donors (Lipinski definition) is 0. The van der Waals surface area contributed by atoms with Gasteiger partial charge in [-0.05, 0) is 72.2 Å². The van der Waals surface area contributed by atoms with Crippen molar-refractivity contribution in [3.63, 3.8) is 0 Å². The number of benzene rings is 5. The fourth-order valence-electron chi connectivity index (χ4n) is 6.69. The summed E-state index contributed by atoms with van der Waals surface area (Å²) in [5, 5.41) is 0. The summed E-state index contributed by atoms with van der Waals surface area (Å²) in [7, 11) is 4.20. The van der Waals surface area contributed by atoms with Crippen molar-refractivity contribution in [1.82, 2.24) is 9.80 Å². The Labute approximate surface area is 270 Å². The van der Waals surface area contributed by atoms with E-state index in [9.17, 15) is 0 Å². The first kappa shape index (κ1) is 31.3. The van der Waals surface area contributed by atoms with Crippen LogP contribution in [-0.2, 0) is 15.1 Å². The summed E-state index contributed by atoms with van der Waals surface area (Å²) < 4.78 is 0. The van der Waals surface area contributed by atoms with Gasteiger partial charge in [0.15, 0.2) is 0 Å². The van der Waals surface area contributed by atoms with E-state index in [0.29, 0.717) is 0 Å². The summed E-state index contributed by atoms with van der Waals surface area (Å²) in [6, 6.07) is 49.2. The van der Waals surface area contributed by atoms with Gasteiger partial charge in [0.2, 0.25) is 0 Å². The number of nitrogens with zero attached hydrogens (tertiary/aromatic N) is 2. The third-order valence-corrected chi connectivity index (χ3v) is 8.84. The third kappa shape index (κ3) is 6.53. The zero-order chi connectivity index (χ0) is 30.3. The topological polar surface area (TPSA) is 6.48 Å². The standard InChI is InChI=1S/C39H39N2.ClH.Cu/c1-28-17-11-14-24-34(28)31(4)40-27-41(38(33-22-9-6-10-23-33)37(40)32-20-7-5-8-21-32)39(35-25-15-12-18-29(35)2)36-26-16-13-19-30(36)3;;/h5-27,31,37-39H,1-4H3;1H;/q-1;;+2/p-1/t31?,37-,38-;;/m0../s1. The van der Waals surface area contributed by atoms with Gasteiger partial charge in [-0.15, -0.1) is 0 Å². The van der Waals surface area contributed by atoms with Crippen LogP contribution in [0.3, 0.4) is 0 Å². The molecule has 43 heavy (non-hydrogen) atoms. The molecule has 1 heterocycles. The van der Waals surface area contributed by atoms with E-state index in [4.69, 9.17) is 0 Å². The zero-order valence-corrected chi connectivity index (χ0v) is 26.9. The molecule has 0 saturated carbocycles. The molecule has 6 rings (SSSR count). The molecule has 1 aliphatic heterocycles. The molecule has 5 aromatic rings. The van der Waals surface area contributed by atoms with Crippen molar-refractivity contribution in [3.8, 4) is 0 Å². The van der Waals surface area contributed by atoms with Crippen molar-refractivity contribution in [2.45, 2.75) is 51.9 Å². The van der Waals surface area contributed by atoms with Crippen molar-refractivity contribution in [3.05, 3.63) is 185 Å². The van der Waals surface area contributed by atoms with Crippen LogP contribution in [-0.4, -0.2) is 9.80 Å². The van der Waals surface area contributed by atoms with Crippen molar-refractivity contribution < 1.29 is 15.1 Å². The van der Waals surface area contributed by atoms with Gasteiger partial charge < -0.3 is 9.80 Å². The van der Waals surface area contributed by atoms with Gasteiger partial charge in [-0.1, -0.05) is 133 Å². The van der Waals surface area contributed by atoms with Gasteiger partial charge in [-0.2, -0.15) is 0 Å². The first-order valence-electron chi connectivity index (χ1n) is 14.8. The molecule has 4 heteroatoms. The van der Waals surface area contributed by atoms with Gasteiger partial charge in [0.25, 0.3) is 0 Å². The quantitative estimate of drug-likeness (QED) is 0.130. The minimum atomic E-state index is 0.0582. The van der Waals surface area contributed by atoms with Crippen LogP contribution < -0.4 is 0 Å². The summed E-state index contributed by atoms with van der Waals surface area (Å²) in [6.07, 6.45) is 0. The molecule has 223 valence electrons. The number of halogens is 1. The SMILES string of the molecule is Cc1ccccc1C(C)N1[CH-]N(C(c2ccccc2C)c2ccccc2C)[C@@H](c2ccccc2)[C@@H]1c1ccccc1.[Cl][Cu+]. The van der Waals surface area contributed by atoms with E-state index >= 15 is 0 Å². The molecule has 0 spiro atoms. The predicted octanol–water partition coefficient (Wildman–Crippen LogP) is 10.4. The van der Waals surface area contributed by atoms with Crippen LogP contribution in [0.25, 0.3) is 0 Å². The summed E-state index contributed by atoms with van der Waals surface area (Å²) >= 11 is 3.66. The van der Waals surface area contributed by atoms with Crippen LogP contribution in [0.2, 0.25) is 0 Å². The van der Waals surface area contributed by atoms with E-state index in [1.165, 1.54) is 44.5 Å². The van der Waals surface area contributed by atoms with Crippen LogP contribution in [0.5, 0.6) is 0 Å². The number of rotatable bonds is 7. The van der Waals surface area contributed by atoms with E-state index in [0.717, 1.165) is 0 Å². The van der Waals surface area contributed by atoms with Gasteiger partial charge in [0, 0.05) is 24.2 Å². The number of hydrogen-bond acceptors (Lipinski definition) is 2. The Morgan fingerprint density at radius 3 is 1.28 bits per heavy atom. The summed E-state index contributed by atoms with van der Waals surface area (Å²) in [6.45, 7) is 11.5. The van der Waals surface area contributed by atoms with Crippen molar-refractivity contribution in [2.75, 3.05) is 0 Å². The Bertz CT molecular complexity index is 1560. The van der Waals surface area contributed by atoms with Gasteiger partial charge in [-0.25, -0.2) is 6.67 Å². The molecule has 0 amide bonds. The summed E-state index contributed by atoms with van der Waals surface area (Å²) in [5.41, 5.74) is 10.6. The molecule has 1 unspecified atom stereocenters. The second kappa shape index (κ2) is 14.5. The Morgan fingerprint density at radius 1 is 0.512 bits per heavy atom. The minimum absolute atomic E-state index is 0.0582. The van der Waals surface area contributed by atoms with E-state index in [2.05, 4.69) is 203 Å². The maximum atomic E-state index is 4.20. The van der Waals surface area contributed by atoms with Crippen LogP contribution in [0.1, 0.15) is 75.6 Å². The first-order valence-corrected chi connectivity index (χ1v) is 16.1. The molecule has 2 nitrogen and oxygen atoms in total. The third-order valence-electron chi connectivity index (χ3n) is 8.84. The molecule has 5 aromatic carbocycles. The Hall–Kier alpha value is -3.17. The monoisotopic (exact) mass is 633 g/mol. The normalized spacial score (nSPS) is 17.9. The molecule has 0 bridgehead atoms. The van der Waals surface area contributed by atoms with Crippen molar-refractivity contribution in [2.24, 2.45) is 0 Å². The van der Waals surface area contributed by atoms with Gasteiger partial charge in [0.05, 0.1) is 0 Å². The fraction of sp³-hybridized carbons (Fsp3) is 0.205. The van der Waals surface area contributed by atoms with E-state index in [-0.39, 0.29) is 24.2 Å². The molecule has 0 aromatic heterocycles. The van der Waals surface area contributed by atoms with Crippen molar-refractivity contribution in [1.29, 1.82) is 0 Å². The molecule has 1 saturated heterocycles. The summed E-state index contributed by atoms with van der Waals surface area (Å²) in [4.78, 5) is 5.26. The molecular formula is C39H39ClCuN2. The molecule has 3 atom stereocenters. The van der Waals surface area contributed by atoms with Gasteiger partial charge in [0.1, 0.15) is 0 Å². The zero-order valence-electron chi connectivity index (χ0n) is 25.2. The fourth-order valence-corrected chi connectivity index (χ4v) is 6.69. The molecule has 0 N–H and O–H groups in total. The van der Waals surface area contributed by atoms with E-state index in [1.54, 1.807) is 0 Å². The molecule has 0 radical (unpaired) electrons. The van der Waals surface area contributed by atoms with Crippen LogP contribution in [0, 0.1) is 27.4 Å². The number of aryl methyl sites for hydroxylation is 3. The average Bonchev–Trinajstić information content (AvgIpc) is 3.45. The predicted molar refractivity (Wildman–Crippen MR) is 176 cm³/mol. The maximum absolute atomic E-state index is 4.20. The Morgan fingerprint density at radius 2 is 0.860 bits per heavy atom. The summed E-state index contributed by atoms with van der Waals surface area (Å²) in [5.74, 6) is 0. The second-order valence-electron chi connectivity index (χ2n) is 11.4. The second-order valence-corrected chi connectivity index (χ2v) is 11.4.